The van der Waals surface area contributed by atoms with E-state index in [1.165, 1.54) is 6.92 Å². The Labute approximate surface area is 116 Å². The number of halogens is 5. The maximum Gasteiger partial charge on any atom is 0.200 e. The van der Waals surface area contributed by atoms with Gasteiger partial charge in [0, 0.05) is 12.6 Å². The van der Waals surface area contributed by atoms with Crippen LogP contribution in [0.5, 0.6) is 0 Å². The van der Waals surface area contributed by atoms with E-state index in [4.69, 9.17) is 0 Å². The van der Waals surface area contributed by atoms with E-state index in [9.17, 15) is 22.0 Å². The minimum atomic E-state index is -2.22. The zero-order valence-electron chi connectivity index (χ0n) is 10.9. The molecule has 2 aromatic rings. The van der Waals surface area contributed by atoms with Crippen LogP contribution in [0.1, 0.15) is 5.56 Å². The van der Waals surface area contributed by atoms with E-state index in [1.807, 2.05) is 0 Å². The summed E-state index contributed by atoms with van der Waals surface area (Å²) in [6.07, 6.45) is 1.08. The van der Waals surface area contributed by atoms with Crippen molar-refractivity contribution >= 4 is 17.3 Å². The smallest absolute Gasteiger partial charge is 0.200 e. The number of aromatic nitrogens is 2. The highest BCUT2D eigenvalue weighted by Crippen LogP contribution is 2.30. The average molecular weight is 304 g/mol. The van der Waals surface area contributed by atoms with Crippen molar-refractivity contribution < 1.29 is 22.0 Å². The monoisotopic (exact) mass is 304 g/mol. The largest absolute Gasteiger partial charge is 0.373 e. The number of benzene rings is 1. The molecule has 1 aromatic heterocycles. The topological polar surface area (TPSA) is 49.8 Å². The Balaban J connectivity index is 2.55. The Morgan fingerprint density at radius 1 is 0.810 bits per heavy atom. The Hall–Kier alpha value is -2.45. The van der Waals surface area contributed by atoms with Crippen molar-refractivity contribution in [2.24, 2.45) is 0 Å². The van der Waals surface area contributed by atoms with Gasteiger partial charge in [-0.2, -0.15) is 0 Å². The molecule has 1 heterocycles. The highest BCUT2D eigenvalue weighted by atomic mass is 19.2. The van der Waals surface area contributed by atoms with Gasteiger partial charge in [-0.3, -0.25) is 0 Å². The second-order valence-corrected chi connectivity index (χ2v) is 4.02. The van der Waals surface area contributed by atoms with Crippen LogP contribution in [0.3, 0.4) is 0 Å². The summed E-state index contributed by atoms with van der Waals surface area (Å²) in [5.41, 5.74) is -0.820. The molecule has 0 aliphatic heterocycles. The Bertz CT molecular complexity index is 676. The molecule has 4 nitrogen and oxygen atoms in total. The lowest BCUT2D eigenvalue weighted by Crippen LogP contribution is -2.09. The van der Waals surface area contributed by atoms with Crippen LogP contribution in [0.4, 0.5) is 39.3 Å². The van der Waals surface area contributed by atoms with Crippen LogP contribution in [0, 0.1) is 36.0 Å². The van der Waals surface area contributed by atoms with Gasteiger partial charge in [-0.15, -0.1) is 0 Å². The van der Waals surface area contributed by atoms with Gasteiger partial charge in [0.1, 0.15) is 23.7 Å². The number of hydrogen-bond donors (Lipinski definition) is 2. The second kappa shape index (κ2) is 5.51. The molecule has 0 aliphatic rings. The molecule has 0 radical (unpaired) electrons. The molecule has 1 aromatic carbocycles. The molecular weight excluding hydrogens is 295 g/mol. The first-order valence-corrected chi connectivity index (χ1v) is 5.66. The second-order valence-electron chi connectivity index (χ2n) is 4.02. The molecule has 21 heavy (non-hydrogen) atoms. The lowest BCUT2D eigenvalue weighted by Gasteiger charge is -2.13. The van der Waals surface area contributed by atoms with Crippen LogP contribution in [0.2, 0.25) is 0 Å². The zero-order chi connectivity index (χ0) is 15.7. The van der Waals surface area contributed by atoms with Gasteiger partial charge in [0.2, 0.25) is 5.82 Å². The molecule has 0 spiro atoms. The third-order valence-electron chi connectivity index (χ3n) is 2.77. The SMILES string of the molecule is CNc1ncnc(Nc2c(F)c(F)c(F)c(F)c2F)c1C. The van der Waals surface area contributed by atoms with Crippen molar-refractivity contribution in [3.8, 4) is 0 Å². The summed E-state index contributed by atoms with van der Waals surface area (Å²) in [7, 11) is 1.55. The van der Waals surface area contributed by atoms with Crippen molar-refractivity contribution in [2.45, 2.75) is 6.92 Å². The predicted octanol–water partition coefficient (Wildman–Crippen LogP) is 3.27. The summed E-state index contributed by atoms with van der Waals surface area (Å²) >= 11 is 0. The number of hydrogen-bond acceptors (Lipinski definition) is 4. The van der Waals surface area contributed by atoms with Crippen LogP contribution in [-0.2, 0) is 0 Å². The molecule has 2 N–H and O–H groups in total. The summed E-state index contributed by atoms with van der Waals surface area (Å²) in [6.45, 7) is 1.51. The van der Waals surface area contributed by atoms with Crippen LogP contribution < -0.4 is 10.6 Å². The molecule has 0 amide bonds. The minimum Gasteiger partial charge on any atom is -0.373 e. The van der Waals surface area contributed by atoms with E-state index >= 15 is 0 Å². The zero-order valence-corrected chi connectivity index (χ0v) is 10.9. The molecule has 0 atom stereocenters. The van der Waals surface area contributed by atoms with Gasteiger partial charge in [0.25, 0.3) is 0 Å². The molecule has 0 unspecified atom stereocenters. The average Bonchev–Trinajstić information content (AvgIpc) is 2.49. The number of nitrogens with zero attached hydrogens (tertiary/aromatic N) is 2. The van der Waals surface area contributed by atoms with Gasteiger partial charge in [-0.05, 0) is 6.92 Å². The van der Waals surface area contributed by atoms with Crippen molar-refractivity contribution in [1.29, 1.82) is 0 Å². The van der Waals surface area contributed by atoms with E-state index in [1.54, 1.807) is 7.05 Å². The van der Waals surface area contributed by atoms with E-state index in [-0.39, 0.29) is 5.82 Å². The van der Waals surface area contributed by atoms with Gasteiger partial charge in [-0.25, -0.2) is 31.9 Å². The normalized spacial score (nSPS) is 10.6. The van der Waals surface area contributed by atoms with Crippen LogP contribution in [0.25, 0.3) is 0 Å². The van der Waals surface area contributed by atoms with Crippen LogP contribution in [0.15, 0.2) is 6.33 Å². The van der Waals surface area contributed by atoms with E-state index < -0.39 is 34.8 Å². The van der Waals surface area contributed by atoms with Gasteiger partial charge in [0.15, 0.2) is 23.3 Å². The Kier molecular flexibility index (Phi) is 3.92. The summed E-state index contributed by atoms with van der Waals surface area (Å²) in [4.78, 5) is 7.55. The molecule has 9 heteroatoms. The van der Waals surface area contributed by atoms with Gasteiger partial charge >= 0.3 is 0 Å². The molecule has 2 rings (SSSR count). The van der Waals surface area contributed by atoms with Crippen LogP contribution in [-0.4, -0.2) is 17.0 Å². The molecular formula is C12H9F5N4. The fourth-order valence-corrected chi connectivity index (χ4v) is 1.66. The fraction of sp³-hybridized carbons (Fsp3) is 0.167. The van der Waals surface area contributed by atoms with E-state index in [0.717, 1.165) is 6.33 Å². The van der Waals surface area contributed by atoms with E-state index in [2.05, 4.69) is 20.6 Å². The number of anilines is 3. The van der Waals surface area contributed by atoms with Gasteiger partial charge < -0.3 is 10.6 Å². The molecule has 0 bridgehead atoms. The maximum atomic E-state index is 13.6. The third kappa shape index (κ3) is 2.46. The first kappa shape index (κ1) is 14.9. The maximum absolute atomic E-state index is 13.6. The third-order valence-corrected chi connectivity index (χ3v) is 2.77. The van der Waals surface area contributed by atoms with E-state index in [0.29, 0.717) is 11.4 Å². The first-order chi connectivity index (χ1) is 9.88. The van der Waals surface area contributed by atoms with Gasteiger partial charge in [-0.1, -0.05) is 0 Å². The summed E-state index contributed by atoms with van der Waals surface area (Å²) < 4.78 is 66.3. The molecule has 0 saturated heterocycles. The van der Waals surface area contributed by atoms with Crippen molar-refractivity contribution in [1.82, 2.24) is 9.97 Å². The minimum absolute atomic E-state index is 0.0856. The highest BCUT2D eigenvalue weighted by Gasteiger charge is 2.26. The molecule has 0 saturated carbocycles. The van der Waals surface area contributed by atoms with Gasteiger partial charge in [0.05, 0.1) is 0 Å². The van der Waals surface area contributed by atoms with Crippen molar-refractivity contribution in [3.63, 3.8) is 0 Å². The predicted molar refractivity (Wildman–Crippen MR) is 65.8 cm³/mol. The standard InChI is InChI=1S/C12H9F5N4/c1-4-11(18-2)19-3-20-12(4)21-10-8(16)6(14)5(13)7(15)9(10)17/h3H,1-2H3,(H2,18,19,20,21). The summed E-state index contributed by atoms with van der Waals surface area (Å²) in [5.74, 6) is -9.94. The Morgan fingerprint density at radius 3 is 1.81 bits per heavy atom. The van der Waals surface area contributed by atoms with Crippen LogP contribution >= 0.6 is 0 Å². The quantitative estimate of drug-likeness (QED) is 0.519. The van der Waals surface area contributed by atoms with Crippen molar-refractivity contribution in [2.75, 3.05) is 17.7 Å². The number of rotatable bonds is 3. The molecule has 112 valence electrons. The molecule has 0 fully saturated rings. The number of nitrogens with one attached hydrogen (secondary N) is 2. The molecule has 0 aliphatic carbocycles. The van der Waals surface area contributed by atoms with Crippen molar-refractivity contribution in [3.05, 3.63) is 41.0 Å². The summed E-state index contributed by atoms with van der Waals surface area (Å²) in [6, 6.07) is 0. The lowest BCUT2D eigenvalue weighted by molar-refractivity contribution is 0.382. The highest BCUT2D eigenvalue weighted by molar-refractivity contribution is 5.65. The fourth-order valence-electron chi connectivity index (χ4n) is 1.66. The lowest BCUT2D eigenvalue weighted by atomic mass is 10.2. The first-order valence-electron chi connectivity index (χ1n) is 5.66. The Morgan fingerprint density at radius 2 is 1.29 bits per heavy atom. The summed E-state index contributed by atoms with van der Waals surface area (Å²) in [5, 5.41) is 4.80.